The lowest BCUT2D eigenvalue weighted by Crippen LogP contribution is -2.21. The lowest BCUT2D eigenvalue weighted by Gasteiger charge is -2.18. The van der Waals surface area contributed by atoms with Gasteiger partial charge < -0.3 is 10.8 Å². The molecule has 0 saturated heterocycles. The second-order valence-corrected chi connectivity index (χ2v) is 5.31. The maximum absolute atomic E-state index is 10.7. The van der Waals surface area contributed by atoms with Crippen LogP contribution in [0.25, 0.3) is 0 Å². The van der Waals surface area contributed by atoms with E-state index in [4.69, 9.17) is 22.4 Å². The van der Waals surface area contributed by atoms with Crippen LogP contribution in [-0.2, 0) is 11.2 Å². The van der Waals surface area contributed by atoms with E-state index in [0.717, 1.165) is 17.9 Å². The van der Waals surface area contributed by atoms with Crippen LogP contribution < -0.4 is 5.73 Å². The zero-order valence-corrected chi connectivity index (χ0v) is 11.4. The Hall–Kier alpha value is -1.06. The number of rotatable bonds is 7. The van der Waals surface area contributed by atoms with Crippen LogP contribution in [0.3, 0.4) is 0 Å². The molecule has 0 bridgehead atoms. The van der Waals surface area contributed by atoms with Crippen molar-refractivity contribution in [1.29, 1.82) is 0 Å². The van der Waals surface area contributed by atoms with Gasteiger partial charge in [-0.25, -0.2) is 0 Å². The van der Waals surface area contributed by atoms with Gasteiger partial charge in [-0.1, -0.05) is 30.7 Å². The minimum atomic E-state index is -0.774. The maximum Gasteiger partial charge on any atom is 0.303 e. The van der Waals surface area contributed by atoms with E-state index in [2.05, 4.69) is 6.92 Å². The Kier molecular flexibility index (Phi) is 6.16. The molecule has 0 unspecified atom stereocenters. The third-order valence-electron chi connectivity index (χ3n) is 3.03. The molecule has 3 N–H and O–H groups in total. The van der Waals surface area contributed by atoms with Crippen LogP contribution in [0, 0.1) is 11.8 Å². The van der Waals surface area contributed by atoms with Crippen molar-refractivity contribution in [3.63, 3.8) is 0 Å². The van der Waals surface area contributed by atoms with Crippen LogP contribution in [0.15, 0.2) is 24.3 Å². The van der Waals surface area contributed by atoms with Crippen molar-refractivity contribution in [2.24, 2.45) is 17.6 Å². The quantitative estimate of drug-likeness (QED) is 0.800. The van der Waals surface area contributed by atoms with E-state index in [-0.39, 0.29) is 12.3 Å². The second-order valence-electron chi connectivity index (χ2n) is 4.87. The molecule has 0 spiro atoms. The summed E-state index contributed by atoms with van der Waals surface area (Å²) in [7, 11) is 0. The molecule has 0 radical (unpaired) electrons. The van der Waals surface area contributed by atoms with Gasteiger partial charge in [0.25, 0.3) is 0 Å². The monoisotopic (exact) mass is 269 g/mol. The van der Waals surface area contributed by atoms with Crippen LogP contribution in [-0.4, -0.2) is 17.6 Å². The molecule has 1 aromatic rings. The van der Waals surface area contributed by atoms with Crippen molar-refractivity contribution in [2.75, 3.05) is 6.54 Å². The summed E-state index contributed by atoms with van der Waals surface area (Å²) in [6, 6.07) is 7.77. The van der Waals surface area contributed by atoms with Gasteiger partial charge in [0.2, 0.25) is 0 Å². The molecule has 0 amide bonds. The van der Waals surface area contributed by atoms with Crippen LogP contribution in [0.2, 0.25) is 5.02 Å². The van der Waals surface area contributed by atoms with Crippen molar-refractivity contribution < 1.29 is 9.90 Å². The van der Waals surface area contributed by atoms with Gasteiger partial charge >= 0.3 is 5.97 Å². The standard InChI is InChI=1S/C14H20ClNO2/c1-10(7-12(9-16)8-14(17)18)6-11-2-4-13(15)5-3-11/h2-5,10,12H,6-9,16H2,1H3,(H,17,18)/t10-,12+/m1/s1. The molecule has 18 heavy (non-hydrogen) atoms. The zero-order valence-electron chi connectivity index (χ0n) is 10.6. The molecule has 1 aromatic carbocycles. The van der Waals surface area contributed by atoms with Crippen molar-refractivity contribution in [2.45, 2.75) is 26.2 Å². The fraction of sp³-hybridized carbons (Fsp3) is 0.500. The Labute approximate surface area is 113 Å². The predicted molar refractivity (Wildman–Crippen MR) is 73.7 cm³/mol. The van der Waals surface area contributed by atoms with Gasteiger partial charge in [-0.2, -0.15) is 0 Å². The molecule has 2 atom stereocenters. The largest absolute Gasteiger partial charge is 0.481 e. The summed E-state index contributed by atoms with van der Waals surface area (Å²) < 4.78 is 0. The van der Waals surface area contributed by atoms with Gasteiger partial charge in [-0.3, -0.25) is 4.79 Å². The van der Waals surface area contributed by atoms with Crippen LogP contribution >= 0.6 is 11.6 Å². The Morgan fingerprint density at radius 3 is 2.50 bits per heavy atom. The molecule has 100 valence electrons. The first kappa shape index (κ1) is 15.0. The SMILES string of the molecule is C[C@H](Cc1ccc(Cl)cc1)C[C@H](CN)CC(=O)O. The summed E-state index contributed by atoms with van der Waals surface area (Å²) in [5.41, 5.74) is 6.82. The average Bonchev–Trinajstić information content (AvgIpc) is 2.30. The van der Waals surface area contributed by atoms with Gasteiger partial charge in [-0.05, 0) is 48.9 Å². The number of hydrogen-bond donors (Lipinski definition) is 2. The first-order valence-corrected chi connectivity index (χ1v) is 6.55. The van der Waals surface area contributed by atoms with Crippen molar-refractivity contribution >= 4 is 17.6 Å². The minimum absolute atomic E-state index is 0.0600. The molecule has 0 aliphatic carbocycles. The summed E-state index contributed by atoms with van der Waals surface area (Å²) in [6.07, 6.45) is 1.92. The van der Waals surface area contributed by atoms with E-state index in [9.17, 15) is 4.79 Å². The van der Waals surface area contributed by atoms with E-state index >= 15 is 0 Å². The smallest absolute Gasteiger partial charge is 0.303 e. The highest BCUT2D eigenvalue weighted by molar-refractivity contribution is 6.30. The number of halogens is 1. The van der Waals surface area contributed by atoms with E-state index in [0.29, 0.717) is 12.5 Å². The summed E-state index contributed by atoms with van der Waals surface area (Å²) in [5, 5.41) is 9.51. The highest BCUT2D eigenvalue weighted by Crippen LogP contribution is 2.20. The summed E-state index contributed by atoms with van der Waals surface area (Å²) in [6.45, 7) is 2.55. The second kappa shape index (κ2) is 7.39. The number of nitrogens with two attached hydrogens (primary N) is 1. The molecule has 4 heteroatoms. The zero-order chi connectivity index (χ0) is 13.5. The molecule has 3 nitrogen and oxygen atoms in total. The number of carbonyl (C=O) groups is 1. The Balaban J connectivity index is 2.46. The predicted octanol–water partition coefficient (Wildman–Crippen LogP) is 2.96. The number of carboxylic acids is 1. The van der Waals surface area contributed by atoms with Gasteiger partial charge in [0.1, 0.15) is 0 Å². The van der Waals surface area contributed by atoms with Crippen molar-refractivity contribution in [1.82, 2.24) is 0 Å². The highest BCUT2D eigenvalue weighted by atomic mass is 35.5. The van der Waals surface area contributed by atoms with Gasteiger partial charge in [0, 0.05) is 11.4 Å². The number of hydrogen-bond acceptors (Lipinski definition) is 2. The number of aliphatic carboxylic acids is 1. The third kappa shape index (κ3) is 5.52. The molecular formula is C14H20ClNO2. The third-order valence-corrected chi connectivity index (χ3v) is 3.28. The van der Waals surface area contributed by atoms with Gasteiger partial charge in [0.05, 0.1) is 0 Å². The van der Waals surface area contributed by atoms with Crippen molar-refractivity contribution in [3.8, 4) is 0 Å². The van der Waals surface area contributed by atoms with E-state index in [1.165, 1.54) is 5.56 Å². The molecular weight excluding hydrogens is 250 g/mol. The average molecular weight is 270 g/mol. The minimum Gasteiger partial charge on any atom is -0.481 e. The summed E-state index contributed by atoms with van der Waals surface area (Å²) >= 11 is 5.83. The summed E-state index contributed by atoms with van der Waals surface area (Å²) in [4.78, 5) is 10.7. The normalized spacial score (nSPS) is 14.2. The van der Waals surface area contributed by atoms with E-state index in [1.54, 1.807) is 0 Å². The first-order valence-electron chi connectivity index (χ1n) is 6.17. The molecule has 0 fully saturated rings. The number of carboxylic acid groups (broad SMARTS) is 1. The molecule has 0 aliphatic heterocycles. The molecule has 1 rings (SSSR count). The van der Waals surface area contributed by atoms with Gasteiger partial charge in [-0.15, -0.1) is 0 Å². The maximum atomic E-state index is 10.7. The topological polar surface area (TPSA) is 63.3 Å². The lowest BCUT2D eigenvalue weighted by atomic mass is 9.89. The fourth-order valence-electron chi connectivity index (χ4n) is 2.19. The van der Waals surface area contributed by atoms with Crippen molar-refractivity contribution in [3.05, 3.63) is 34.9 Å². The fourth-order valence-corrected chi connectivity index (χ4v) is 2.31. The highest BCUT2D eigenvalue weighted by Gasteiger charge is 2.15. The van der Waals surface area contributed by atoms with Crippen LogP contribution in [0.5, 0.6) is 0 Å². The lowest BCUT2D eigenvalue weighted by molar-refractivity contribution is -0.138. The van der Waals surface area contributed by atoms with Crippen LogP contribution in [0.1, 0.15) is 25.3 Å². The first-order chi connectivity index (χ1) is 8.51. The molecule has 0 heterocycles. The molecule has 0 aliphatic rings. The summed E-state index contributed by atoms with van der Waals surface area (Å²) in [5.74, 6) is -0.298. The Bertz CT molecular complexity index is 378. The number of benzene rings is 1. The molecule has 0 saturated carbocycles. The Morgan fingerprint density at radius 1 is 1.39 bits per heavy atom. The van der Waals surface area contributed by atoms with E-state index in [1.807, 2.05) is 24.3 Å². The van der Waals surface area contributed by atoms with Crippen LogP contribution in [0.4, 0.5) is 0 Å². The molecule has 0 aromatic heterocycles. The van der Waals surface area contributed by atoms with Gasteiger partial charge in [0.15, 0.2) is 0 Å². The van der Waals surface area contributed by atoms with E-state index < -0.39 is 5.97 Å². The Morgan fingerprint density at radius 2 is 2.00 bits per heavy atom.